The average molecular weight is 271 g/mol. The number of rotatable bonds is 2. The summed E-state index contributed by atoms with van der Waals surface area (Å²) in [5, 5.41) is 3.38. The van der Waals surface area contributed by atoms with E-state index in [0.29, 0.717) is 12.8 Å². The van der Waals surface area contributed by atoms with E-state index in [-0.39, 0.29) is 12.4 Å². The Labute approximate surface area is 114 Å². The van der Waals surface area contributed by atoms with Gasteiger partial charge < -0.3 is 14.8 Å². The van der Waals surface area contributed by atoms with Gasteiger partial charge in [-0.2, -0.15) is 0 Å². The number of nitrogens with zero attached hydrogens (tertiary/aromatic N) is 1. The van der Waals surface area contributed by atoms with E-state index in [9.17, 15) is 0 Å². The van der Waals surface area contributed by atoms with Crippen LogP contribution in [0.4, 0.5) is 0 Å². The predicted molar refractivity (Wildman–Crippen MR) is 72.7 cm³/mol. The molecule has 0 amide bonds. The summed E-state index contributed by atoms with van der Waals surface area (Å²) in [5.74, 6) is 1.74. The molecule has 2 aliphatic heterocycles. The summed E-state index contributed by atoms with van der Waals surface area (Å²) in [6.07, 6.45) is 0. The average Bonchev–Trinajstić information content (AvgIpc) is 2.86. The van der Waals surface area contributed by atoms with Crippen molar-refractivity contribution in [3.63, 3.8) is 0 Å². The molecule has 1 fully saturated rings. The summed E-state index contributed by atoms with van der Waals surface area (Å²) in [4.78, 5) is 2.49. The Morgan fingerprint density at radius 2 is 1.89 bits per heavy atom. The Balaban J connectivity index is 0.00000120. The van der Waals surface area contributed by atoms with Gasteiger partial charge in [-0.15, -0.1) is 12.4 Å². The van der Waals surface area contributed by atoms with Crippen molar-refractivity contribution in [3.8, 4) is 11.5 Å². The first-order valence-electron chi connectivity index (χ1n) is 6.19. The second kappa shape index (κ2) is 5.78. The van der Waals surface area contributed by atoms with Gasteiger partial charge in [-0.1, -0.05) is 6.07 Å². The molecule has 18 heavy (non-hydrogen) atoms. The summed E-state index contributed by atoms with van der Waals surface area (Å²) < 4.78 is 10.8. The van der Waals surface area contributed by atoms with Crippen LogP contribution in [0.1, 0.15) is 18.5 Å². The third-order valence-electron chi connectivity index (χ3n) is 3.58. The van der Waals surface area contributed by atoms with Crippen molar-refractivity contribution in [1.29, 1.82) is 0 Å². The molecule has 4 nitrogen and oxygen atoms in total. The maximum Gasteiger partial charge on any atom is 0.231 e. The number of hydrogen-bond acceptors (Lipinski definition) is 4. The standard InChI is InChI=1S/C13H18N2O2.ClH/c1-10(15-6-4-14-5-7-15)11-2-3-12-13(8-11)17-9-16-12;/h2-3,8,10,14H,4-7,9H2,1H3;1H. The zero-order valence-electron chi connectivity index (χ0n) is 10.5. The van der Waals surface area contributed by atoms with E-state index in [1.165, 1.54) is 5.56 Å². The largest absolute Gasteiger partial charge is 0.454 e. The smallest absolute Gasteiger partial charge is 0.231 e. The van der Waals surface area contributed by atoms with E-state index in [1.807, 2.05) is 6.07 Å². The molecule has 0 saturated carbocycles. The molecule has 0 spiro atoms. The summed E-state index contributed by atoms with van der Waals surface area (Å²) >= 11 is 0. The highest BCUT2D eigenvalue weighted by Crippen LogP contribution is 2.35. The number of piperazine rings is 1. The highest BCUT2D eigenvalue weighted by Gasteiger charge is 2.20. The molecule has 0 radical (unpaired) electrons. The van der Waals surface area contributed by atoms with Crippen molar-refractivity contribution in [2.75, 3.05) is 33.0 Å². The van der Waals surface area contributed by atoms with Crippen molar-refractivity contribution in [1.82, 2.24) is 10.2 Å². The lowest BCUT2D eigenvalue weighted by Crippen LogP contribution is -2.44. The van der Waals surface area contributed by atoms with Crippen LogP contribution < -0.4 is 14.8 Å². The molecular formula is C13H19ClN2O2. The van der Waals surface area contributed by atoms with E-state index >= 15 is 0 Å². The number of fused-ring (bicyclic) bond motifs is 1. The van der Waals surface area contributed by atoms with Crippen molar-refractivity contribution in [2.24, 2.45) is 0 Å². The van der Waals surface area contributed by atoms with E-state index in [2.05, 4.69) is 29.3 Å². The normalized spacial score (nSPS) is 20.3. The fraction of sp³-hybridized carbons (Fsp3) is 0.538. The maximum absolute atomic E-state index is 5.42. The Kier molecular flexibility index (Phi) is 4.32. The fourth-order valence-corrected chi connectivity index (χ4v) is 2.45. The molecule has 5 heteroatoms. The second-order valence-electron chi connectivity index (χ2n) is 4.57. The first kappa shape index (κ1) is 13.5. The molecule has 1 saturated heterocycles. The van der Waals surface area contributed by atoms with Crippen molar-refractivity contribution in [3.05, 3.63) is 23.8 Å². The molecule has 1 aromatic rings. The third kappa shape index (κ3) is 2.55. The number of benzene rings is 1. The minimum Gasteiger partial charge on any atom is -0.454 e. The van der Waals surface area contributed by atoms with Crippen LogP contribution in [0, 0.1) is 0 Å². The lowest BCUT2D eigenvalue weighted by molar-refractivity contribution is 0.173. The van der Waals surface area contributed by atoms with Crippen molar-refractivity contribution in [2.45, 2.75) is 13.0 Å². The summed E-state index contributed by atoms with van der Waals surface area (Å²) in [5.41, 5.74) is 1.30. The Bertz CT molecular complexity index is 408. The first-order valence-corrected chi connectivity index (χ1v) is 6.19. The minimum atomic E-state index is 0. The van der Waals surface area contributed by atoms with E-state index in [0.717, 1.165) is 37.7 Å². The van der Waals surface area contributed by atoms with Crippen LogP contribution in [0.5, 0.6) is 11.5 Å². The lowest BCUT2D eigenvalue weighted by Gasteiger charge is -2.33. The lowest BCUT2D eigenvalue weighted by atomic mass is 10.1. The van der Waals surface area contributed by atoms with E-state index in [1.54, 1.807) is 0 Å². The number of nitrogens with one attached hydrogen (secondary N) is 1. The van der Waals surface area contributed by atoms with Gasteiger partial charge in [0.05, 0.1) is 0 Å². The third-order valence-corrected chi connectivity index (χ3v) is 3.58. The molecule has 0 aromatic heterocycles. The van der Waals surface area contributed by atoms with Crippen LogP contribution in [0.2, 0.25) is 0 Å². The Hall–Kier alpha value is -0.970. The number of halogens is 1. The second-order valence-corrected chi connectivity index (χ2v) is 4.57. The van der Waals surface area contributed by atoms with E-state index in [4.69, 9.17) is 9.47 Å². The van der Waals surface area contributed by atoms with Crippen LogP contribution in [-0.2, 0) is 0 Å². The molecule has 100 valence electrons. The van der Waals surface area contributed by atoms with Crippen LogP contribution in [0.25, 0.3) is 0 Å². The van der Waals surface area contributed by atoms with Gasteiger partial charge in [-0.3, -0.25) is 4.90 Å². The Morgan fingerprint density at radius 3 is 2.67 bits per heavy atom. The molecule has 1 unspecified atom stereocenters. The molecule has 1 atom stereocenters. The fourth-order valence-electron chi connectivity index (χ4n) is 2.45. The van der Waals surface area contributed by atoms with Gasteiger partial charge in [-0.25, -0.2) is 0 Å². The molecule has 1 N–H and O–H groups in total. The van der Waals surface area contributed by atoms with Gasteiger partial charge >= 0.3 is 0 Å². The molecular weight excluding hydrogens is 252 g/mol. The Morgan fingerprint density at radius 1 is 1.17 bits per heavy atom. The monoisotopic (exact) mass is 270 g/mol. The topological polar surface area (TPSA) is 33.7 Å². The highest BCUT2D eigenvalue weighted by atomic mass is 35.5. The van der Waals surface area contributed by atoms with Crippen LogP contribution in [-0.4, -0.2) is 37.9 Å². The number of hydrogen-bond donors (Lipinski definition) is 1. The van der Waals surface area contributed by atoms with Gasteiger partial charge in [0.15, 0.2) is 11.5 Å². The summed E-state index contributed by atoms with van der Waals surface area (Å²) in [7, 11) is 0. The SMILES string of the molecule is CC(c1ccc2c(c1)OCO2)N1CCNCC1.Cl. The minimum absolute atomic E-state index is 0. The number of ether oxygens (including phenoxy) is 2. The first-order chi connectivity index (χ1) is 8.34. The van der Waals surface area contributed by atoms with Gasteiger partial charge in [0.25, 0.3) is 0 Å². The predicted octanol–water partition coefficient (Wildman–Crippen LogP) is 1.80. The zero-order chi connectivity index (χ0) is 11.7. The quantitative estimate of drug-likeness (QED) is 0.889. The zero-order valence-corrected chi connectivity index (χ0v) is 11.3. The molecule has 2 aliphatic rings. The van der Waals surface area contributed by atoms with Crippen molar-refractivity contribution < 1.29 is 9.47 Å². The van der Waals surface area contributed by atoms with Crippen molar-refractivity contribution >= 4 is 12.4 Å². The molecule has 2 heterocycles. The van der Waals surface area contributed by atoms with Gasteiger partial charge in [-0.05, 0) is 24.6 Å². The maximum atomic E-state index is 5.42. The highest BCUT2D eigenvalue weighted by molar-refractivity contribution is 5.85. The summed E-state index contributed by atoms with van der Waals surface area (Å²) in [6.45, 7) is 6.97. The summed E-state index contributed by atoms with van der Waals surface area (Å²) in [6, 6.07) is 6.69. The molecule has 3 rings (SSSR count). The van der Waals surface area contributed by atoms with Gasteiger partial charge in [0, 0.05) is 32.2 Å². The molecule has 1 aromatic carbocycles. The molecule has 0 aliphatic carbocycles. The van der Waals surface area contributed by atoms with Gasteiger partial charge in [0.1, 0.15) is 0 Å². The van der Waals surface area contributed by atoms with Crippen LogP contribution in [0.15, 0.2) is 18.2 Å². The molecule has 0 bridgehead atoms. The van der Waals surface area contributed by atoms with Crippen LogP contribution in [0.3, 0.4) is 0 Å². The van der Waals surface area contributed by atoms with Crippen LogP contribution >= 0.6 is 12.4 Å². The van der Waals surface area contributed by atoms with Gasteiger partial charge in [0.2, 0.25) is 6.79 Å². The van der Waals surface area contributed by atoms with E-state index < -0.39 is 0 Å².